The average molecular weight is 398 g/mol. The van der Waals surface area contributed by atoms with Gasteiger partial charge in [-0.1, -0.05) is 12.1 Å². The van der Waals surface area contributed by atoms with Crippen LogP contribution in [0, 0.1) is 0 Å². The van der Waals surface area contributed by atoms with Crippen molar-refractivity contribution in [3.05, 3.63) is 77.1 Å². The van der Waals surface area contributed by atoms with Gasteiger partial charge in [0.2, 0.25) is 0 Å². The fourth-order valence-electron chi connectivity index (χ4n) is 3.19. The van der Waals surface area contributed by atoms with E-state index in [1.165, 1.54) is 12.1 Å². The van der Waals surface area contributed by atoms with Gasteiger partial charge in [0.1, 0.15) is 12.4 Å². The van der Waals surface area contributed by atoms with E-state index >= 15 is 0 Å². The van der Waals surface area contributed by atoms with Gasteiger partial charge in [-0.05, 0) is 54.8 Å². The summed E-state index contributed by atoms with van der Waals surface area (Å²) in [6.07, 6.45) is -0.639. The van der Waals surface area contributed by atoms with Gasteiger partial charge in [0.25, 0.3) is 0 Å². The van der Waals surface area contributed by atoms with Crippen LogP contribution in [0.25, 0.3) is 11.4 Å². The molecule has 3 aromatic rings. The molecule has 1 aliphatic carbocycles. The molecule has 1 heterocycles. The van der Waals surface area contributed by atoms with Crippen molar-refractivity contribution in [2.24, 2.45) is 0 Å². The molecule has 0 saturated heterocycles. The fraction of sp³-hybridized carbons (Fsp3) is 0.227. The van der Waals surface area contributed by atoms with Crippen molar-refractivity contribution in [3.8, 4) is 17.1 Å². The minimum atomic E-state index is -4.35. The zero-order chi connectivity index (χ0) is 20.4. The molecule has 0 atom stereocenters. The number of rotatable bonds is 4. The average Bonchev–Trinajstić information content (AvgIpc) is 2.72. The lowest BCUT2D eigenvalue weighted by Gasteiger charge is -2.14. The first kappa shape index (κ1) is 19.1. The van der Waals surface area contributed by atoms with Crippen molar-refractivity contribution < 1.29 is 22.7 Å². The van der Waals surface area contributed by atoms with Crippen LogP contribution in [-0.4, -0.2) is 15.8 Å². The Balaban J connectivity index is 1.42. The van der Waals surface area contributed by atoms with Gasteiger partial charge in [-0.3, -0.25) is 4.79 Å². The second-order valence-corrected chi connectivity index (χ2v) is 6.84. The molecule has 4 rings (SSSR count). The summed E-state index contributed by atoms with van der Waals surface area (Å²) in [5.74, 6) is 1.22. The Hall–Kier alpha value is -3.22. The van der Waals surface area contributed by atoms with E-state index < -0.39 is 11.7 Å². The molecule has 1 aromatic heterocycles. The first-order valence-electron chi connectivity index (χ1n) is 9.18. The summed E-state index contributed by atoms with van der Waals surface area (Å²) >= 11 is 0. The van der Waals surface area contributed by atoms with Crippen LogP contribution in [0.4, 0.5) is 13.2 Å². The van der Waals surface area contributed by atoms with Crippen LogP contribution in [0.5, 0.6) is 5.75 Å². The predicted molar refractivity (Wildman–Crippen MR) is 101 cm³/mol. The van der Waals surface area contributed by atoms with Crippen molar-refractivity contribution in [3.63, 3.8) is 0 Å². The lowest BCUT2D eigenvalue weighted by molar-refractivity contribution is -0.137. The maximum absolute atomic E-state index is 12.6. The highest BCUT2D eigenvalue weighted by Crippen LogP contribution is 2.29. The minimum Gasteiger partial charge on any atom is -0.489 e. The number of fused-ring (bicyclic) bond motifs is 1. The molecule has 0 fully saturated rings. The Morgan fingerprint density at radius 2 is 1.69 bits per heavy atom. The SMILES string of the molecule is O=C1CCCc2nc(-c3ccc(OCc4ccc(C(F)(F)F)cc4)cc3)ncc21. The van der Waals surface area contributed by atoms with E-state index in [-0.39, 0.29) is 12.4 Å². The Morgan fingerprint density at radius 3 is 2.38 bits per heavy atom. The maximum Gasteiger partial charge on any atom is 0.416 e. The second kappa shape index (κ2) is 7.66. The van der Waals surface area contributed by atoms with E-state index in [0.717, 1.165) is 36.2 Å². The second-order valence-electron chi connectivity index (χ2n) is 6.84. The summed E-state index contributed by atoms with van der Waals surface area (Å²) in [5, 5.41) is 0. The van der Waals surface area contributed by atoms with Crippen LogP contribution >= 0.6 is 0 Å². The molecular weight excluding hydrogens is 381 g/mol. The molecule has 0 unspecified atom stereocenters. The number of aryl methyl sites for hydroxylation is 1. The Kier molecular flexibility index (Phi) is 5.05. The van der Waals surface area contributed by atoms with Crippen molar-refractivity contribution in [2.75, 3.05) is 0 Å². The number of ether oxygens (including phenoxy) is 1. The third-order valence-electron chi connectivity index (χ3n) is 4.78. The number of carbonyl (C=O) groups excluding carboxylic acids is 1. The van der Waals surface area contributed by atoms with E-state index in [9.17, 15) is 18.0 Å². The molecule has 0 radical (unpaired) electrons. The highest BCUT2D eigenvalue weighted by Gasteiger charge is 2.29. The van der Waals surface area contributed by atoms with Gasteiger partial charge in [0, 0.05) is 18.2 Å². The molecule has 0 amide bonds. The highest BCUT2D eigenvalue weighted by atomic mass is 19.4. The van der Waals surface area contributed by atoms with Gasteiger partial charge < -0.3 is 4.74 Å². The van der Waals surface area contributed by atoms with Gasteiger partial charge in [-0.15, -0.1) is 0 Å². The molecule has 0 saturated carbocycles. The molecule has 148 valence electrons. The first-order chi connectivity index (χ1) is 13.9. The van der Waals surface area contributed by atoms with Crippen molar-refractivity contribution in [1.82, 2.24) is 9.97 Å². The number of aromatic nitrogens is 2. The first-order valence-corrected chi connectivity index (χ1v) is 9.18. The number of ketones is 1. The Bertz CT molecular complexity index is 1030. The van der Waals surface area contributed by atoms with E-state index in [1.807, 2.05) is 12.1 Å². The lowest BCUT2D eigenvalue weighted by Crippen LogP contribution is -2.13. The van der Waals surface area contributed by atoms with E-state index in [4.69, 9.17) is 4.74 Å². The van der Waals surface area contributed by atoms with Gasteiger partial charge >= 0.3 is 6.18 Å². The predicted octanol–water partition coefficient (Wildman–Crippen LogP) is 5.26. The molecule has 0 N–H and O–H groups in total. The molecule has 7 heteroatoms. The van der Waals surface area contributed by atoms with Gasteiger partial charge in [-0.25, -0.2) is 9.97 Å². The lowest BCUT2D eigenvalue weighted by atomic mass is 9.96. The Morgan fingerprint density at radius 1 is 0.966 bits per heavy atom. The number of hydrogen-bond acceptors (Lipinski definition) is 4. The molecule has 0 bridgehead atoms. The number of benzene rings is 2. The molecular formula is C22H17F3N2O2. The Labute approximate surface area is 165 Å². The van der Waals surface area contributed by atoms with Crippen LogP contribution in [0.2, 0.25) is 0 Å². The summed E-state index contributed by atoms with van der Waals surface area (Å²) in [6, 6.07) is 12.0. The molecule has 2 aromatic carbocycles. The van der Waals surface area contributed by atoms with E-state index in [1.54, 1.807) is 18.3 Å². The van der Waals surface area contributed by atoms with Crippen LogP contribution in [0.15, 0.2) is 54.7 Å². The topological polar surface area (TPSA) is 52.1 Å². The summed E-state index contributed by atoms with van der Waals surface area (Å²) in [4.78, 5) is 20.7. The van der Waals surface area contributed by atoms with Crippen molar-refractivity contribution >= 4 is 5.78 Å². The smallest absolute Gasteiger partial charge is 0.416 e. The molecule has 4 nitrogen and oxygen atoms in total. The summed E-state index contributed by atoms with van der Waals surface area (Å²) < 4.78 is 43.5. The van der Waals surface area contributed by atoms with Gasteiger partial charge in [-0.2, -0.15) is 13.2 Å². The normalized spacial score (nSPS) is 13.8. The third kappa shape index (κ3) is 4.29. The molecule has 0 aliphatic heterocycles. The number of carbonyl (C=O) groups is 1. The van der Waals surface area contributed by atoms with Gasteiger partial charge in [0.05, 0.1) is 16.8 Å². The summed E-state index contributed by atoms with van der Waals surface area (Å²) in [6.45, 7) is 0.162. The minimum absolute atomic E-state index is 0.0878. The number of Topliss-reactive ketones (excluding diaryl/α,β-unsaturated/α-hetero) is 1. The molecule has 29 heavy (non-hydrogen) atoms. The van der Waals surface area contributed by atoms with Gasteiger partial charge in [0.15, 0.2) is 11.6 Å². The third-order valence-corrected chi connectivity index (χ3v) is 4.78. The quantitative estimate of drug-likeness (QED) is 0.602. The zero-order valence-electron chi connectivity index (χ0n) is 15.4. The molecule has 1 aliphatic rings. The van der Waals surface area contributed by atoms with Crippen LogP contribution in [-0.2, 0) is 19.2 Å². The number of alkyl halides is 3. The number of nitrogens with zero attached hydrogens (tertiary/aromatic N) is 2. The van der Waals surface area contributed by atoms with Crippen LogP contribution in [0.3, 0.4) is 0 Å². The monoisotopic (exact) mass is 398 g/mol. The van der Waals surface area contributed by atoms with Crippen molar-refractivity contribution in [1.29, 1.82) is 0 Å². The maximum atomic E-state index is 12.6. The van der Waals surface area contributed by atoms with Crippen molar-refractivity contribution in [2.45, 2.75) is 32.0 Å². The van der Waals surface area contributed by atoms with E-state index in [2.05, 4.69) is 9.97 Å². The molecule has 0 spiro atoms. The highest BCUT2D eigenvalue weighted by molar-refractivity contribution is 5.97. The summed E-state index contributed by atoms with van der Waals surface area (Å²) in [5.41, 5.74) is 2.15. The van der Waals surface area contributed by atoms with E-state index in [0.29, 0.717) is 29.1 Å². The standard InChI is InChI=1S/C22H17F3N2O2/c23-22(24,25)16-8-4-14(5-9-16)13-29-17-10-6-15(7-11-17)21-26-12-18-19(27-21)2-1-3-20(18)28/h4-12H,1-3,13H2. The largest absolute Gasteiger partial charge is 0.489 e. The number of halogens is 3. The zero-order valence-corrected chi connectivity index (χ0v) is 15.4. The van der Waals surface area contributed by atoms with Crippen LogP contribution < -0.4 is 4.74 Å². The van der Waals surface area contributed by atoms with Crippen LogP contribution in [0.1, 0.15) is 40.0 Å². The number of hydrogen-bond donors (Lipinski definition) is 0. The summed E-state index contributed by atoms with van der Waals surface area (Å²) in [7, 11) is 0. The fourth-order valence-corrected chi connectivity index (χ4v) is 3.19.